The van der Waals surface area contributed by atoms with Gasteiger partial charge in [0.05, 0.1) is 29.8 Å². The number of hydrogen-bond donors (Lipinski definition) is 3. The molecule has 6 nitrogen and oxygen atoms in total. The van der Waals surface area contributed by atoms with Crippen molar-refractivity contribution in [2.24, 2.45) is 0 Å². The van der Waals surface area contributed by atoms with Crippen LogP contribution >= 0.6 is 0 Å². The van der Waals surface area contributed by atoms with Gasteiger partial charge in [-0.25, -0.2) is 4.39 Å². The molecule has 3 aromatic rings. The van der Waals surface area contributed by atoms with E-state index in [-0.39, 0.29) is 53.1 Å². The average molecular weight is 463 g/mol. The Bertz CT molecular complexity index is 1200. The van der Waals surface area contributed by atoms with Crippen molar-refractivity contribution in [3.8, 4) is 5.69 Å². The number of carboxylic acid groups (broad SMARTS) is 1. The first-order chi connectivity index (χ1) is 15.2. The molecule has 0 saturated heterocycles. The Morgan fingerprint density at radius 3 is 2.33 bits per heavy atom. The van der Waals surface area contributed by atoms with Gasteiger partial charge in [-0.05, 0) is 48.4 Å². The monoisotopic (exact) mass is 463 g/mol. The van der Waals surface area contributed by atoms with Gasteiger partial charge >= 0.3 is 35.5 Å². The Morgan fingerprint density at radius 1 is 1.09 bits per heavy atom. The maximum atomic E-state index is 13.6. The fourth-order valence-electron chi connectivity index (χ4n) is 3.81. The second-order valence-corrected chi connectivity index (χ2v) is 8.03. The van der Waals surface area contributed by atoms with E-state index in [0.717, 1.165) is 0 Å². The standard InChI is InChI=1S/C25H26FNO5.Na.H/c1-15(2)24-22(12-11-18(28)13-19(29)14-23(30)31)27(17-9-7-16(26)8-10-17)21-6-4-3-5-20(21)25(24)32;;/h3-12,15,18-19,28-29H,13-14H2,1-2H3,(H,30,31);;/b12-11+;;/t18-,19?;;/m1../s1. The van der Waals surface area contributed by atoms with E-state index >= 15 is 0 Å². The van der Waals surface area contributed by atoms with Crippen molar-refractivity contribution < 1.29 is 24.5 Å². The third-order valence-electron chi connectivity index (χ3n) is 5.21. The third-order valence-corrected chi connectivity index (χ3v) is 5.21. The minimum atomic E-state index is -1.20. The number of nitrogens with zero attached hydrogens (tertiary/aromatic N) is 1. The third kappa shape index (κ3) is 6.40. The van der Waals surface area contributed by atoms with E-state index < -0.39 is 24.6 Å². The number of aliphatic hydroxyl groups is 2. The van der Waals surface area contributed by atoms with Gasteiger partial charge in [0.1, 0.15) is 5.82 Å². The second kappa shape index (κ2) is 11.7. The Balaban J connectivity index is 0.00000385. The summed E-state index contributed by atoms with van der Waals surface area (Å²) in [5.41, 5.74) is 2.21. The first kappa shape index (κ1) is 27.0. The predicted octanol–water partition coefficient (Wildman–Crippen LogP) is 3.20. The Hall–Kier alpha value is -2.29. The van der Waals surface area contributed by atoms with Crippen molar-refractivity contribution in [1.29, 1.82) is 0 Å². The topological polar surface area (TPSA) is 99.8 Å². The number of aromatic nitrogens is 1. The zero-order chi connectivity index (χ0) is 23.4. The van der Waals surface area contributed by atoms with Crippen LogP contribution in [-0.2, 0) is 4.79 Å². The van der Waals surface area contributed by atoms with E-state index in [1.54, 1.807) is 42.5 Å². The molecular weight excluding hydrogens is 436 g/mol. The molecule has 1 aromatic heterocycles. The molecule has 0 aliphatic rings. The van der Waals surface area contributed by atoms with E-state index in [1.807, 2.05) is 18.4 Å². The molecule has 0 fully saturated rings. The molecule has 170 valence electrons. The van der Waals surface area contributed by atoms with Crippen LogP contribution in [-0.4, -0.2) is 67.6 Å². The first-order valence-electron chi connectivity index (χ1n) is 10.4. The van der Waals surface area contributed by atoms with Crippen LogP contribution in [0, 0.1) is 5.82 Å². The summed E-state index contributed by atoms with van der Waals surface area (Å²) < 4.78 is 15.4. The van der Waals surface area contributed by atoms with Crippen molar-refractivity contribution in [3.63, 3.8) is 0 Å². The number of carbonyl (C=O) groups is 1. The van der Waals surface area contributed by atoms with Gasteiger partial charge in [0.25, 0.3) is 0 Å². The van der Waals surface area contributed by atoms with Crippen molar-refractivity contribution in [2.75, 3.05) is 0 Å². The molecule has 3 N–H and O–H groups in total. The summed E-state index contributed by atoms with van der Waals surface area (Å²) >= 11 is 0. The number of hydrogen-bond acceptors (Lipinski definition) is 4. The number of carboxylic acids is 1. The average Bonchev–Trinajstić information content (AvgIpc) is 2.72. The number of benzene rings is 2. The van der Waals surface area contributed by atoms with Gasteiger partial charge in [-0.3, -0.25) is 9.59 Å². The second-order valence-electron chi connectivity index (χ2n) is 8.03. The molecule has 3 rings (SSSR count). The molecule has 0 spiro atoms. The van der Waals surface area contributed by atoms with Crippen LogP contribution in [0.5, 0.6) is 0 Å². The number of rotatable bonds is 8. The van der Waals surface area contributed by atoms with E-state index in [2.05, 4.69) is 0 Å². The predicted molar refractivity (Wildman–Crippen MR) is 129 cm³/mol. The zero-order valence-corrected chi connectivity index (χ0v) is 17.9. The van der Waals surface area contributed by atoms with Crippen molar-refractivity contribution in [3.05, 3.63) is 81.9 Å². The fourth-order valence-corrected chi connectivity index (χ4v) is 3.81. The number of para-hydroxylation sites is 1. The summed E-state index contributed by atoms with van der Waals surface area (Å²) in [6.45, 7) is 3.79. The van der Waals surface area contributed by atoms with Gasteiger partial charge in [-0.2, -0.15) is 0 Å². The first-order valence-corrected chi connectivity index (χ1v) is 10.4. The van der Waals surface area contributed by atoms with Crippen LogP contribution in [0.2, 0.25) is 0 Å². The van der Waals surface area contributed by atoms with Gasteiger partial charge in [-0.15, -0.1) is 0 Å². The molecule has 33 heavy (non-hydrogen) atoms. The van der Waals surface area contributed by atoms with Gasteiger partial charge < -0.3 is 19.9 Å². The quantitative estimate of drug-likeness (QED) is 0.446. The molecule has 0 amide bonds. The summed E-state index contributed by atoms with van der Waals surface area (Å²) in [5.74, 6) is -1.69. The molecule has 2 atom stereocenters. The van der Waals surface area contributed by atoms with Gasteiger partial charge in [0, 0.05) is 23.1 Å². The molecule has 1 unspecified atom stereocenters. The van der Waals surface area contributed by atoms with Crippen LogP contribution in [0.25, 0.3) is 22.7 Å². The molecule has 0 bridgehead atoms. The van der Waals surface area contributed by atoms with E-state index in [1.165, 1.54) is 18.2 Å². The molecular formula is C25H27FNNaO5. The van der Waals surface area contributed by atoms with Crippen LogP contribution in [0.15, 0.2) is 59.4 Å². The van der Waals surface area contributed by atoms with Crippen LogP contribution in [0.1, 0.15) is 43.9 Å². The van der Waals surface area contributed by atoms with E-state index in [0.29, 0.717) is 27.8 Å². The SMILES string of the molecule is CC(C)c1c(/C=C/[C@@H](O)CC(O)CC(=O)O)n(-c2ccc(F)cc2)c2ccccc2c1=O.[NaH]. The summed E-state index contributed by atoms with van der Waals surface area (Å²) in [4.78, 5) is 24.1. The normalized spacial score (nSPS) is 13.3. The van der Waals surface area contributed by atoms with Crippen LogP contribution in [0.3, 0.4) is 0 Å². The van der Waals surface area contributed by atoms with Crippen LogP contribution in [0.4, 0.5) is 4.39 Å². The molecule has 0 aliphatic carbocycles. The summed E-state index contributed by atoms with van der Waals surface area (Å²) in [5, 5.41) is 29.4. The molecule has 2 aromatic carbocycles. The molecule has 8 heteroatoms. The Morgan fingerprint density at radius 2 is 1.73 bits per heavy atom. The minimum absolute atomic E-state index is 0. The van der Waals surface area contributed by atoms with Gasteiger partial charge in [-0.1, -0.05) is 32.1 Å². The fraction of sp³-hybridized carbons (Fsp3) is 0.280. The number of halogens is 1. The Labute approximate surface area is 213 Å². The summed E-state index contributed by atoms with van der Waals surface area (Å²) in [7, 11) is 0. The Kier molecular flexibility index (Phi) is 9.57. The maximum absolute atomic E-state index is 13.6. The van der Waals surface area contributed by atoms with Crippen LogP contribution < -0.4 is 5.43 Å². The van der Waals surface area contributed by atoms with Gasteiger partial charge in [0.2, 0.25) is 0 Å². The number of aliphatic carboxylic acids is 1. The van der Waals surface area contributed by atoms with Gasteiger partial charge in [0.15, 0.2) is 5.43 Å². The number of fused-ring (bicyclic) bond motifs is 1. The molecule has 0 saturated carbocycles. The molecule has 0 aliphatic heterocycles. The summed E-state index contributed by atoms with van der Waals surface area (Å²) in [6.07, 6.45) is 0.0813. The van der Waals surface area contributed by atoms with Crippen molar-refractivity contribution in [1.82, 2.24) is 4.57 Å². The zero-order valence-electron chi connectivity index (χ0n) is 17.9. The molecule has 1 heterocycles. The van der Waals surface area contributed by atoms with Crippen molar-refractivity contribution >= 4 is 52.5 Å². The van der Waals surface area contributed by atoms with Crippen molar-refractivity contribution in [2.45, 2.75) is 44.8 Å². The molecule has 0 radical (unpaired) electrons. The van der Waals surface area contributed by atoms with E-state index in [9.17, 15) is 24.2 Å². The number of aliphatic hydroxyl groups excluding tert-OH is 2. The number of pyridine rings is 1. The van der Waals surface area contributed by atoms with E-state index in [4.69, 9.17) is 5.11 Å². The summed E-state index contributed by atoms with van der Waals surface area (Å²) in [6, 6.07) is 13.0.